The van der Waals surface area contributed by atoms with E-state index < -0.39 is 25.2 Å². The summed E-state index contributed by atoms with van der Waals surface area (Å²) in [5, 5.41) is 4.41. The Hall–Kier alpha value is -4.06. The molecule has 0 amide bonds. The van der Waals surface area contributed by atoms with Gasteiger partial charge in [0.15, 0.2) is 6.61 Å². The first kappa shape index (κ1) is 22.7. The molecule has 3 aromatic heterocycles. The Labute approximate surface area is 198 Å². The highest BCUT2D eigenvalue weighted by atomic mass is 32.1. The molecule has 5 aromatic rings. The van der Waals surface area contributed by atoms with Crippen molar-refractivity contribution >= 4 is 32.6 Å². The van der Waals surface area contributed by atoms with Crippen LogP contribution in [0.1, 0.15) is 0 Å². The molecule has 178 valence electrons. The molecule has 5 rings (SSSR count). The van der Waals surface area contributed by atoms with Crippen molar-refractivity contribution in [3.8, 4) is 28.4 Å². The molecule has 0 N–H and O–H groups in total. The number of halogens is 4. The third-order valence-corrected chi connectivity index (χ3v) is 5.78. The van der Waals surface area contributed by atoms with E-state index in [9.17, 15) is 22.4 Å². The van der Waals surface area contributed by atoms with Crippen LogP contribution in [0.5, 0.6) is 11.6 Å². The van der Waals surface area contributed by atoms with Crippen molar-refractivity contribution in [3.63, 3.8) is 0 Å². The predicted octanol–water partition coefficient (Wildman–Crippen LogP) is 5.30. The van der Waals surface area contributed by atoms with Gasteiger partial charge in [0.1, 0.15) is 16.8 Å². The van der Waals surface area contributed by atoms with Crippen molar-refractivity contribution in [2.75, 3.05) is 6.61 Å². The zero-order valence-electron chi connectivity index (χ0n) is 17.6. The Kier molecular flexibility index (Phi) is 6.03. The van der Waals surface area contributed by atoms with Crippen LogP contribution in [0.15, 0.2) is 64.9 Å². The zero-order chi connectivity index (χ0) is 24.5. The van der Waals surface area contributed by atoms with E-state index in [1.807, 2.05) is 0 Å². The third-order valence-electron chi connectivity index (χ3n) is 4.98. The van der Waals surface area contributed by atoms with Crippen LogP contribution >= 0.6 is 11.3 Å². The molecule has 0 aliphatic heterocycles. The average molecular weight is 502 g/mol. The SMILES string of the molecule is O=c1c(-c2ccc(OC(F)F)cc2)c2nc(OCC(F)F)ccc2nn1-c1ccc2ncsc2c1. The number of hydrogen-bond acceptors (Lipinski definition) is 7. The van der Waals surface area contributed by atoms with Crippen LogP contribution in [0.3, 0.4) is 0 Å². The fraction of sp³-hybridized carbons (Fsp3) is 0.130. The maximum atomic E-state index is 13.6. The molecule has 7 nitrogen and oxygen atoms in total. The van der Waals surface area contributed by atoms with Gasteiger partial charge < -0.3 is 9.47 Å². The number of alkyl halides is 4. The van der Waals surface area contributed by atoms with Gasteiger partial charge in [-0.05, 0) is 42.0 Å². The summed E-state index contributed by atoms with van der Waals surface area (Å²) in [7, 11) is 0. The van der Waals surface area contributed by atoms with Gasteiger partial charge in [0, 0.05) is 6.07 Å². The number of benzene rings is 2. The number of fused-ring (bicyclic) bond motifs is 2. The van der Waals surface area contributed by atoms with E-state index in [0.29, 0.717) is 16.8 Å². The molecule has 2 aromatic carbocycles. The number of ether oxygens (including phenoxy) is 2. The van der Waals surface area contributed by atoms with Crippen molar-refractivity contribution in [3.05, 3.63) is 70.5 Å². The largest absolute Gasteiger partial charge is 0.472 e. The topological polar surface area (TPSA) is 79.1 Å². The normalized spacial score (nSPS) is 11.6. The Bertz CT molecular complexity index is 1570. The standard InChI is InChI=1S/C23H14F4N4O3S/c24-18(25)10-33-19-8-7-16-21(29-19)20(12-1-4-14(5-2-12)34-23(26)27)22(32)31(30-16)13-3-6-15-17(9-13)35-11-28-15/h1-9,11,18,23H,10H2. The number of aromatic nitrogens is 4. The van der Waals surface area contributed by atoms with Crippen molar-refractivity contribution in [2.45, 2.75) is 13.0 Å². The van der Waals surface area contributed by atoms with Crippen molar-refractivity contribution in [1.82, 2.24) is 19.7 Å². The number of rotatable bonds is 7. The minimum atomic E-state index is -3.00. The van der Waals surface area contributed by atoms with Gasteiger partial charge in [0.25, 0.3) is 12.0 Å². The molecule has 0 aliphatic rings. The lowest BCUT2D eigenvalue weighted by atomic mass is 10.1. The smallest absolute Gasteiger partial charge is 0.387 e. The fourth-order valence-corrected chi connectivity index (χ4v) is 4.21. The zero-order valence-corrected chi connectivity index (χ0v) is 18.4. The van der Waals surface area contributed by atoms with Gasteiger partial charge in [-0.2, -0.15) is 18.6 Å². The van der Waals surface area contributed by atoms with Crippen molar-refractivity contribution < 1.29 is 27.0 Å². The Balaban J connectivity index is 1.70. The molecule has 0 bridgehead atoms. The first-order valence-electron chi connectivity index (χ1n) is 10.1. The summed E-state index contributed by atoms with van der Waals surface area (Å²) in [4.78, 5) is 22.1. The molecular formula is C23H14F4N4O3S. The molecule has 0 aliphatic carbocycles. The van der Waals surface area contributed by atoms with Crippen molar-refractivity contribution in [1.29, 1.82) is 0 Å². The third kappa shape index (κ3) is 4.64. The minimum Gasteiger partial charge on any atom is -0.472 e. The molecule has 0 saturated heterocycles. The minimum absolute atomic E-state index is 0.0884. The summed E-state index contributed by atoms with van der Waals surface area (Å²) in [5.74, 6) is -0.200. The van der Waals surface area contributed by atoms with Crippen molar-refractivity contribution in [2.24, 2.45) is 0 Å². The van der Waals surface area contributed by atoms with E-state index in [1.165, 1.54) is 52.4 Å². The van der Waals surface area contributed by atoms with Gasteiger partial charge in [-0.1, -0.05) is 12.1 Å². The first-order valence-corrected chi connectivity index (χ1v) is 11.0. The summed E-state index contributed by atoms with van der Waals surface area (Å²) >= 11 is 1.40. The van der Waals surface area contributed by atoms with Crippen LogP contribution in [-0.2, 0) is 0 Å². The maximum absolute atomic E-state index is 13.6. The van der Waals surface area contributed by atoms with Crippen LogP contribution < -0.4 is 15.0 Å². The summed E-state index contributed by atoms with van der Waals surface area (Å²) in [6.07, 6.45) is -2.71. The highest BCUT2D eigenvalue weighted by Crippen LogP contribution is 2.28. The van der Waals surface area contributed by atoms with E-state index >= 15 is 0 Å². The molecule has 0 spiro atoms. The number of pyridine rings is 1. The lowest BCUT2D eigenvalue weighted by Gasteiger charge is -2.13. The van der Waals surface area contributed by atoms with Crippen LogP contribution in [0.4, 0.5) is 17.6 Å². The van der Waals surface area contributed by atoms with Gasteiger partial charge in [0.2, 0.25) is 5.88 Å². The molecule has 0 radical (unpaired) electrons. The van der Waals surface area contributed by atoms with E-state index in [1.54, 1.807) is 23.7 Å². The summed E-state index contributed by atoms with van der Waals surface area (Å²) in [6.45, 7) is -3.87. The van der Waals surface area contributed by atoms with Gasteiger partial charge in [-0.25, -0.2) is 18.7 Å². The summed E-state index contributed by atoms with van der Waals surface area (Å²) in [5.41, 5.74) is 3.21. The van der Waals surface area contributed by atoms with Gasteiger partial charge in [-0.3, -0.25) is 4.79 Å². The molecule has 0 unspecified atom stereocenters. The average Bonchev–Trinajstić information content (AvgIpc) is 3.31. The maximum Gasteiger partial charge on any atom is 0.387 e. The van der Waals surface area contributed by atoms with Crippen LogP contribution in [0.2, 0.25) is 0 Å². The first-order chi connectivity index (χ1) is 16.9. The number of thiazole rings is 1. The lowest BCUT2D eigenvalue weighted by Crippen LogP contribution is -2.23. The van der Waals surface area contributed by atoms with E-state index in [4.69, 9.17) is 4.74 Å². The van der Waals surface area contributed by atoms with Gasteiger partial charge >= 0.3 is 6.61 Å². The van der Waals surface area contributed by atoms with Crippen LogP contribution in [0.25, 0.3) is 38.1 Å². The number of hydrogen-bond donors (Lipinski definition) is 0. The summed E-state index contributed by atoms with van der Waals surface area (Å²) < 4.78 is 61.8. The highest BCUT2D eigenvalue weighted by molar-refractivity contribution is 7.16. The molecule has 0 saturated carbocycles. The lowest BCUT2D eigenvalue weighted by molar-refractivity contribution is -0.0498. The Morgan fingerprint density at radius 1 is 0.971 bits per heavy atom. The highest BCUT2D eigenvalue weighted by Gasteiger charge is 2.18. The molecule has 3 heterocycles. The molecule has 0 fully saturated rings. The molecule has 0 atom stereocenters. The second-order valence-corrected chi connectivity index (χ2v) is 8.10. The fourth-order valence-electron chi connectivity index (χ4n) is 3.50. The van der Waals surface area contributed by atoms with Crippen LogP contribution in [0, 0.1) is 0 Å². The van der Waals surface area contributed by atoms with E-state index in [-0.39, 0.29) is 22.7 Å². The second-order valence-electron chi connectivity index (χ2n) is 7.22. The molecular weight excluding hydrogens is 488 g/mol. The van der Waals surface area contributed by atoms with E-state index in [2.05, 4.69) is 19.8 Å². The number of nitrogens with zero attached hydrogens (tertiary/aromatic N) is 4. The van der Waals surface area contributed by atoms with Crippen LogP contribution in [-0.4, -0.2) is 39.4 Å². The quantitative estimate of drug-likeness (QED) is 0.281. The summed E-state index contributed by atoms with van der Waals surface area (Å²) in [6, 6.07) is 13.5. The molecule has 12 heteroatoms. The molecule has 35 heavy (non-hydrogen) atoms. The van der Waals surface area contributed by atoms with Gasteiger partial charge in [0.05, 0.1) is 27.0 Å². The van der Waals surface area contributed by atoms with Gasteiger partial charge in [-0.15, -0.1) is 11.3 Å². The Morgan fingerprint density at radius 3 is 2.49 bits per heavy atom. The second kappa shape index (κ2) is 9.29. The monoisotopic (exact) mass is 502 g/mol. The Morgan fingerprint density at radius 2 is 1.74 bits per heavy atom. The van der Waals surface area contributed by atoms with E-state index in [0.717, 1.165) is 10.2 Å². The predicted molar refractivity (Wildman–Crippen MR) is 122 cm³/mol.